The lowest BCUT2D eigenvalue weighted by Crippen LogP contribution is -2.51. The van der Waals surface area contributed by atoms with Crippen molar-refractivity contribution in [3.8, 4) is 0 Å². The highest BCUT2D eigenvalue weighted by atomic mass is 19.1. The van der Waals surface area contributed by atoms with Crippen LogP contribution in [0.15, 0.2) is 24.3 Å². The zero-order chi connectivity index (χ0) is 12.4. The SMILES string of the molecule is O=C(O)CC1CCN1C(=O)c1cccc(F)c1. The molecule has 1 unspecified atom stereocenters. The van der Waals surface area contributed by atoms with Gasteiger partial charge in [-0.25, -0.2) is 4.39 Å². The number of benzene rings is 1. The van der Waals surface area contributed by atoms with E-state index in [0.29, 0.717) is 13.0 Å². The number of amides is 1. The molecule has 1 atom stereocenters. The molecule has 0 saturated carbocycles. The number of likely N-dealkylation sites (tertiary alicyclic amines) is 1. The van der Waals surface area contributed by atoms with Gasteiger partial charge >= 0.3 is 5.97 Å². The average Bonchev–Trinajstić information content (AvgIpc) is 2.24. The fraction of sp³-hybridized carbons (Fsp3) is 0.333. The van der Waals surface area contributed by atoms with Gasteiger partial charge in [0.05, 0.1) is 6.42 Å². The molecule has 5 heteroatoms. The summed E-state index contributed by atoms with van der Waals surface area (Å²) in [5, 5.41) is 8.67. The number of hydrogen-bond acceptors (Lipinski definition) is 2. The molecule has 0 radical (unpaired) electrons. The maximum absolute atomic E-state index is 13.0. The highest BCUT2D eigenvalue weighted by Gasteiger charge is 2.34. The predicted octanol–water partition coefficient (Wildman–Crippen LogP) is 1.51. The summed E-state index contributed by atoms with van der Waals surface area (Å²) in [6.45, 7) is 0.535. The van der Waals surface area contributed by atoms with Gasteiger partial charge in [-0.1, -0.05) is 6.07 Å². The largest absolute Gasteiger partial charge is 0.481 e. The van der Waals surface area contributed by atoms with Crippen molar-refractivity contribution >= 4 is 11.9 Å². The molecule has 1 aromatic carbocycles. The molecular formula is C12H12FNO3. The number of aliphatic carboxylic acids is 1. The number of halogens is 1. The van der Waals surface area contributed by atoms with Crippen molar-refractivity contribution in [2.45, 2.75) is 18.9 Å². The van der Waals surface area contributed by atoms with Gasteiger partial charge in [0.25, 0.3) is 5.91 Å². The molecule has 1 N–H and O–H groups in total. The molecule has 0 spiro atoms. The van der Waals surface area contributed by atoms with Crippen molar-refractivity contribution < 1.29 is 19.1 Å². The molecule has 90 valence electrons. The Morgan fingerprint density at radius 1 is 1.47 bits per heavy atom. The smallest absolute Gasteiger partial charge is 0.305 e. The first-order chi connectivity index (χ1) is 8.08. The topological polar surface area (TPSA) is 57.6 Å². The zero-order valence-electron chi connectivity index (χ0n) is 9.10. The molecular weight excluding hydrogens is 225 g/mol. The van der Waals surface area contributed by atoms with Gasteiger partial charge < -0.3 is 10.0 Å². The summed E-state index contributed by atoms with van der Waals surface area (Å²) in [5.41, 5.74) is 0.264. The van der Waals surface area contributed by atoms with E-state index < -0.39 is 11.8 Å². The first kappa shape index (κ1) is 11.6. The van der Waals surface area contributed by atoms with Crippen molar-refractivity contribution in [3.63, 3.8) is 0 Å². The van der Waals surface area contributed by atoms with Crippen LogP contribution in [0.3, 0.4) is 0 Å². The van der Waals surface area contributed by atoms with Crippen molar-refractivity contribution in [1.29, 1.82) is 0 Å². The van der Waals surface area contributed by atoms with Crippen molar-refractivity contribution in [2.24, 2.45) is 0 Å². The van der Waals surface area contributed by atoms with Crippen LogP contribution in [0.25, 0.3) is 0 Å². The fourth-order valence-corrected chi connectivity index (χ4v) is 1.91. The van der Waals surface area contributed by atoms with Gasteiger partial charge in [-0.2, -0.15) is 0 Å². The Morgan fingerprint density at radius 3 is 2.76 bits per heavy atom. The highest BCUT2D eigenvalue weighted by molar-refractivity contribution is 5.95. The molecule has 0 aromatic heterocycles. The fourth-order valence-electron chi connectivity index (χ4n) is 1.91. The molecule has 1 fully saturated rings. The second-order valence-electron chi connectivity index (χ2n) is 4.05. The van der Waals surface area contributed by atoms with E-state index in [9.17, 15) is 14.0 Å². The van der Waals surface area contributed by atoms with Gasteiger partial charge in [0.1, 0.15) is 5.82 Å². The Labute approximate surface area is 97.7 Å². The molecule has 1 aliphatic heterocycles. The summed E-state index contributed by atoms with van der Waals surface area (Å²) in [5.74, 6) is -1.69. The van der Waals surface area contributed by atoms with Gasteiger partial charge in [0.15, 0.2) is 0 Å². The average molecular weight is 237 g/mol. The summed E-state index contributed by atoms with van der Waals surface area (Å²) in [4.78, 5) is 24.0. The summed E-state index contributed by atoms with van der Waals surface area (Å²) < 4.78 is 13.0. The summed E-state index contributed by atoms with van der Waals surface area (Å²) in [7, 11) is 0. The van der Waals surface area contributed by atoms with Crippen molar-refractivity contribution in [2.75, 3.05) is 6.54 Å². The van der Waals surface area contributed by atoms with Gasteiger partial charge in [-0.05, 0) is 24.6 Å². The molecule has 1 aliphatic rings. The maximum Gasteiger partial charge on any atom is 0.305 e. The number of hydrogen-bond donors (Lipinski definition) is 1. The lowest BCUT2D eigenvalue weighted by molar-refractivity contribution is -0.139. The minimum Gasteiger partial charge on any atom is -0.481 e. The third kappa shape index (κ3) is 2.43. The van der Waals surface area contributed by atoms with E-state index in [-0.39, 0.29) is 23.9 Å². The molecule has 0 aliphatic carbocycles. The van der Waals surface area contributed by atoms with E-state index in [1.54, 1.807) is 0 Å². The minimum absolute atomic E-state index is 0.0545. The van der Waals surface area contributed by atoms with Crippen LogP contribution in [-0.4, -0.2) is 34.5 Å². The molecule has 4 nitrogen and oxygen atoms in total. The van der Waals surface area contributed by atoms with Crippen LogP contribution >= 0.6 is 0 Å². The molecule has 1 heterocycles. The van der Waals surface area contributed by atoms with Crippen molar-refractivity contribution in [1.82, 2.24) is 4.90 Å². The lowest BCUT2D eigenvalue weighted by Gasteiger charge is -2.40. The molecule has 0 bridgehead atoms. The number of carboxylic acids is 1. The second-order valence-corrected chi connectivity index (χ2v) is 4.05. The third-order valence-electron chi connectivity index (χ3n) is 2.89. The zero-order valence-corrected chi connectivity index (χ0v) is 9.10. The Kier molecular flexibility index (Phi) is 3.08. The van der Waals surface area contributed by atoms with Gasteiger partial charge in [-0.15, -0.1) is 0 Å². The highest BCUT2D eigenvalue weighted by Crippen LogP contribution is 2.23. The van der Waals surface area contributed by atoms with Crippen LogP contribution in [-0.2, 0) is 4.79 Å². The van der Waals surface area contributed by atoms with Crippen molar-refractivity contribution in [3.05, 3.63) is 35.6 Å². The van der Waals surface area contributed by atoms with E-state index in [2.05, 4.69) is 0 Å². The number of nitrogens with zero attached hydrogens (tertiary/aromatic N) is 1. The van der Waals surface area contributed by atoms with E-state index in [1.807, 2.05) is 0 Å². The van der Waals surface area contributed by atoms with Gasteiger partial charge in [0, 0.05) is 18.2 Å². The molecule has 2 rings (SSSR count). The quantitative estimate of drug-likeness (QED) is 0.867. The second kappa shape index (κ2) is 4.53. The Balaban J connectivity index is 2.08. The summed E-state index contributed by atoms with van der Waals surface area (Å²) in [6.07, 6.45) is 0.633. The van der Waals surface area contributed by atoms with Crippen LogP contribution in [0.5, 0.6) is 0 Å². The molecule has 17 heavy (non-hydrogen) atoms. The van der Waals surface area contributed by atoms with Crippen LogP contribution in [0.4, 0.5) is 4.39 Å². The number of carbonyl (C=O) groups is 2. The number of carbonyl (C=O) groups excluding carboxylic acids is 1. The summed E-state index contributed by atoms with van der Waals surface area (Å²) in [6, 6.07) is 5.17. The van der Waals surface area contributed by atoms with E-state index >= 15 is 0 Å². The van der Waals surface area contributed by atoms with Gasteiger partial charge in [0.2, 0.25) is 0 Å². The van der Waals surface area contributed by atoms with Crippen LogP contribution in [0.2, 0.25) is 0 Å². The summed E-state index contributed by atoms with van der Waals surface area (Å²) >= 11 is 0. The van der Waals surface area contributed by atoms with Crippen LogP contribution < -0.4 is 0 Å². The third-order valence-corrected chi connectivity index (χ3v) is 2.89. The number of carboxylic acid groups (broad SMARTS) is 1. The monoisotopic (exact) mass is 237 g/mol. The molecule has 1 aromatic rings. The Bertz CT molecular complexity index is 461. The van der Waals surface area contributed by atoms with Crippen LogP contribution in [0.1, 0.15) is 23.2 Å². The lowest BCUT2D eigenvalue weighted by atomic mass is 9.98. The Hall–Kier alpha value is -1.91. The van der Waals surface area contributed by atoms with E-state index in [4.69, 9.17) is 5.11 Å². The maximum atomic E-state index is 13.0. The molecule has 1 saturated heterocycles. The van der Waals surface area contributed by atoms with Crippen LogP contribution in [0, 0.1) is 5.82 Å². The number of rotatable bonds is 3. The first-order valence-corrected chi connectivity index (χ1v) is 5.36. The standard InChI is InChI=1S/C12H12FNO3/c13-9-3-1-2-8(6-9)12(17)14-5-4-10(14)7-11(15)16/h1-3,6,10H,4-5,7H2,(H,15,16). The molecule has 1 amide bonds. The predicted molar refractivity (Wildman–Crippen MR) is 58.1 cm³/mol. The minimum atomic E-state index is -0.924. The van der Waals surface area contributed by atoms with E-state index in [0.717, 1.165) is 0 Å². The van der Waals surface area contributed by atoms with Gasteiger partial charge in [-0.3, -0.25) is 9.59 Å². The Morgan fingerprint density at radius 2 is 2.24 bits per heavy atom. The van der Waals surface area contributed by atoms with E-state index in [1.165, 1.54) is 29.2 Å². The normalized spacial score (nSPS) is 18.6. The first-order valence-electron chi connectivity index (χ1n) is 5.36.